The molecule has 2 N–H and O–H groups in total. The monoisotopic (exact) mass is 282 g/mol. The third-order valence-electron chi connectivity index (χ3n) is 2.23. The Morgan fingerprint density at radius 2 is 2.16 bits per heavy atom. The van der Waals surface area contributed by atoms with Gasteiger partial charge in [0.1, 0.15) is 5.56 Å². The van der Waals surface area contributed by atoms with Crippen LogP contribution in [0.5, 0.6) is 0 Å². The van der Waals surface area contributed by atoms with Gasteiger partial charge in [0.2, 0.25) is 0 Å². The largest absolute Gasteiger partial charge is 0.478 e. The quantitative estimate of drug-likeness (QED) is 0.834. The zero-order valence-electron chi connectivity index (χ0n) is 9.81. The number of aryl methyl sites for hydroxylation is 1. The maximum absolute atomic E-state index is 12.0. The Labute approximate surface area is 108 Å². The van der Waals surface area contributed by atoms with Gasteiger partial charge in [-0.1, -0.05) is 0 Å². The van der Waals surface area contributed by atoms with Crippen molar-refractivity contribution in [2.75, 3.05) is 4.72 Å². The summed E-state index contributed by atoms with van der Waals surface area (Å²) in [5.74, 6) is -1.52. The molecule has 2 aromatic rings. The molecule has 0 aliphatic heterocycles. The van der Waals surface area contributed by atoms with Crippen molar-refractivity contribution >= 4 is 21.8 Å². The summed E-state index contributed by atoms with van der Waals surface area (Å²) in [4.78, 5) is 18.4. The predicted molar refractivity (Wildman–Crippen MR) is 65.2 cm³/mol. The van der Waals surface area contributed by atoms with Gasteiger partial charge in [-0.25, -0.2) is 14.8 Å². The first-order chi connectivity index (χ1) is 8.90. The van der Waals surface area contributed by atoms with Crippen LogP contribution in [-0.4, -0.2) is 34.0 Å². The van der Waals surface area contributed by atoms with E-state index in [1.54, 1.807) is 7.05 Å². The number of carbonyl (C=O) groups is 1. The third kappa shape index (κ3) is 2.71. The van der Waals surface area contributed by atoms with Crippen LogP contribution in [0.15, 0.2) is 35.9 Å². The number of anilines is 1. The number of carboxylic acids is 1. The molecule has 0 unspecified atom stereocenters. The lowest BCUT2D eigenvalue weighted by Crippen LogP contribution is -2.17. The lowest BCUT2D eigenvalue weighted by molar-refractivity contribution is 0.0697. The van der Waals surface area contributed by atoms with Crippen molar-refractivity contribution in [1.82, 2.24) is 14.5 Å². The van der Waals surface area contributed by atoms with Crippen molar-refractivity contribution in [3.05, 3.63) is 36.4 Å². The highest BCUT2D eigenvalue weighted by Crippen LogP contribution is 2.16. The van der Waals surface area contributed by atoms with E-state index in [9.17, 15) is 13.2 Å². The van der Waals surface area contributed by atoms with E-state index in [1.165, 1.54) is 35.4 Å². The number of pyridine rings is 1. The van der Waals surface area contributed by atoms with Gasteiger partial charge in [-0.2, -0.15) is 8.42 Å². The van der Waals surface area contributed by atoms with Gasteiger partial charge in [0, 0.05) is 19.4 Å². The molecule has 0 aliphatic rings. The molecule has 2 rings (SSSR count). The van der Waals surface area contributed by atoms with E-state index in [-0.39, 0.29) is 16.4 Å². The minimum Gasteiger partial charge on any atom is -0.478 e. The highest BCUT2D eigenvalue weighted by molar-refractivity contribution is 7.92. The van der Waals surface area contributed by atoms with Crippen molar-refractivity contribution in [2.45, 2.75) is 5.03 Å². The highest BCUT2D eigenvalue weighted by atomic mass is 32.2. The number of aromatic carboxylic acids is 1. The molecule has 0 bridgehead atoms. The van der Waals surface area contributed by atoms with Gasteiger partial charge < -0.3 is 9.67 Å². The Morgan fingerprint density at radius 3 is 2.74 bits per heavy atom. The summed E-state index contributed by atoms with van der Waals surface area (Å²) in [5.41, 5.74) is -0.234. The molecule has 100 valence electrons. The average Bonchev–Trinajstić information content (AvgIpc) is 2.76. The summed E-state index contributed by atoms with van der Waals surface area (Å²) in [5, 5.41) is 8.73. The zero-order valence-corrected chi connectivity index (χ0v) is 10.6. The minimum absolute atomic E-state index is 0.211. The van der Waals surface area contributed by atoms with Crippen LogP contribution in [0.25, 0.3) is 0 Å². The van der Waals surface area contributed by atoms with Gasteiger partial charge in [0.05, 0.1) is 6.33 Å². The molecule has 2 aromatic heterocycles. The molecule has 9 heteroatoms. The molecule has 0 saturated carbocycles. The summed E-state index contributed by atoms with van der Waals surface area (Å²) in [6, 6.07) is 2.66. The topological polar surface area (TPSA) is 114 Å². The van der Waals surface area contributed by atoms with E-state index in [2.05, 4.69) is 14.7 Å². The van der Waals surface area contributed by atoms with Crippen LogP contribution in [-0.2, 0) is 17.1 Å². The lowest BCUT2D eigenvalue weighted by atomic mass is 10.3. The van der Waals surface area contributed by atoms with Crippen molar-refractivity contribution in [1.29, 1.82) is 0 Å². The first-order valence-electron chi connectivity index (χ1n) is 5.09. The standard InChI is InChI=1S/C10H10N4O4S/c1-14-5-8(12-6-14)19(17,18)13-9-7(10(15)16)3-2-4-11-9/h2-6H,1H3,(H,11,13)(H,15,16). The number of carboxylic acid groups (broad SMARTS) is 1. The van der Waals surface area contributed by atoms with Gasteiger partial charge in [0.15, 0.2) is 10.8 Å². The Bertz CT molecular complexity index is 723. The van der Waals surface area contributed by atoms with Crippen LogP contribution in [0.2, 0.25) is 0 Å². The summed E-state index contributed by atoms with van der Waals surface area (Å²) >= 11 is 0. The van der Waals surface area contributed by atoms with Crippen LogP contribution in [0.3, 0.4) is 0 Å². The smallest absolute Gasteiger partial charge is 0.339 e. The first-order valence-corrected chi connectivity index (χ1v) is 6.57. The highest BCUT2D eigenvalue weighted by Gasteiger charge is 2.21. The maximum Gasteiger partial charge on any atom is 0.339 e. The van der Waals surface area contributed by atoms with E-state index in [0.717, 1.165) is 0 Å². The molecule has 8 nitrogen and oxygen atoms in total. The van der Waals surface area contributed by atoms with Crippen LogP contribution in [0.4, 0.5) is 5.82 Å². The fraction of sp³-hybridized carbons (Fsp3) is 0.100. The molecule has 0 spiro atoms. The number of nitrogens with one attached hydrogen (secondary N) is 1. The van der Waals surface area contributed by atoms with E-state index in [4.69, 9.17) is 5.11 Å². The molecule has 0 amide bonds. The number of sulfonamides is 1. The van der Waals surface area contributed by atoms with Crippen LogP contribution in [0, 0.1) is 0 Å². The molecule has 0 saturated heterocycles. The molecular formula is C10H10N4O4S. The number of hydrogen-bond donors (Lipinski definition) is 2. The van der Waals surface area contributed by atoms with Gasteiger partial charge in [-0.3, -0.25) is 4.72 Å². The Hall–Kier alpha value is -2.42. The molecule has 19 heavy (non-hydrogen) atoms. The Kier molecular flexibility index (Phi) is 3.21. The van der Waals surface area contributed by atoms with Gasteiger partial charge in [-0.05, 0) is 12.1 Å². The van der Waals surface area contributed by atoms with Crippen molar-refractivity contribution < 1.29 is 18.3 Å². The fourth-order valence-electron chi connectivity index (χ4n) is 1.37. The maximum atomic E-state index is 12.0. The second kappa shape index (κ2) is 4.69. The Balaban J connectivity index is 2.39. The van der Waals surface area contributed by atoms with E-state index >= 15 is 0 Å². The summed E-state index contributed by atoms with van der Waals surface area (Å²) in [6.07, 6.45) is 3.92. The molecule has 0 atom stereocenters. The molecule has 0 aromatic carbocycles. The number of imidazole rings is 1. The summed E-state index contributed by atoms with van der Waals surface area (Å²) in [6.45, 7) is 0. The molecule has 0 aliphatic carbocycles. The number of nitrogens with zero attached hydrogens (tertiary/aromatic N) is 3. The molecule has 0 radical (unpaired) electrons. The van der Waals surface area contributed by atoms with E-state index in [1.807, 2.05) is 0 Å². The predicted octanol–water partition coefficient (Wildman–Crippen LogP) is 0.314. The summed E-state index contributed by atoms with van der Waals surface area (Å²) < 4.78 is 27.5. The third-order valence-corrected chi connectivity index (χ3v) is 3.45. The van der Waals surface area contributed by atoms with Gasteiger partial charge in [-0.15, -0.1) is 0 Å². The number of rotatable bonds is 4. The normalized spacial score (nSPS) is 11.2. The second-order valence-electron chi connectivity index (χ2n) is 3.69. The van der Waals surface area contributed by atoms with Crippen molar-refractivity contribution in [3.63, 3.8) is 0 Å². The summed E-state index contributed by atoms with van der Waals surface area (Å²) in [7, 11) is -2.34. The first kappa shape index (κ1) is 13.0. The number of hydrogen-bond acceptors (Lipinski definition) is 5. The lowest BCUT2D eigenvalue weighted by Gasteiger charge is -2.07. The molecular weight excluding hydrogens is 272 g/mol. The second-order valence-corrected chi connectivity index (χ2v) is 5.32. The van der Waals surface area contributed by atoms with Crippen molar-refractivity contribution in [3.8, 4) is 0 Å². The molecule has 2 heterocycles. The SMILES string of the molecule is Cn1cnc(S(=O)(=O)Nc2ncccc2C(=O)O)c1. The zero-order chi connectivity index (χ0) is 14.0. The van der Waals surface area contributed by atoms with Crippen LogP contribution < -0.4 is 4.72 Å². The number of aromatic nitrogens is 3. The Morgan fingerprint density at radius 1 is 1.42 bits per heavy atom. The molecule has 0 fully saturated rings. The van der Waals surface area contributed by atoms with Crippen LogP contribution >= 0.6 is 0 Å². The van der Waals surface area contributed by atoms with Gasteiger partial charge >= 0.3 is 5.97 Å². The van der Waals surface area contributed by atoms with Crippen molar-refractivity contribution in [2.24, 2.45) is 7.05 Å². The van der Waals surface area contributed by atoms with Crippen LogP contribution in [0.1, 0.15) is 10.4 Å². The van der Waals surface area contributed by atoms with E-state index in [0.29, 0.717) is 0 Å². The minimum atomic E-state index is -3.96. The fourth-order valence-corrected chi connectivity index (χ4v) is 2.38. The van der Waals surface area contributed by atoms with E-state index < -0.39 is 16.0 Å². The van der Waals surface area contributed by atoms with Gasteiger partial charge in [0.25, 0.3) is 10.0 Å². The average molecular weight is 282 g/mol.